The van der Waals surface area contributed by atoms with Gasteiger partial charge in [0.05, 0.1) is 0 Å². The summed E-state index contributed by atoms with van der Waals surface area (Å²) in [6.07, 6.45) is 6.56. The zero-order valence-corrected chi connectivity index (χ0v) is 8.84. The second-order valence-electron chi connectivity index (χ2n) is 3.37. The topological polar surface area (TPSA) is 26.3 Å². The average Bonchev–Trinajstić information content (AvgIpc) is 2.09. The lowest BCUT2D eigenvalue weighted by molar-refractivity contribution is -0.146. The summed E-state index contributed by atoms with van der Waals surface area (Å²) in [4.78, 5) is 10.7. The molecule has 1 atom stereocenters. The molecule has 0 aliphatic heterocycles. The molecule has 0 aliphatic carbocycles. The van der Waals surface area contributed by atoms with Gasteiger partial charge in [0.25, 0.3) is 0 Å². The van der Waals surface area contributed by atoms with Crippen LogP contribution in [0, 0.1) is 6.92 Å². The summed E-state index contributed by atoms with van der Waals surface area (Å²) in [6.45, 7) is 7.40. The lowest BCUT2D eigenvalue weighted by Crippen LogP contribution is -2.15. The fourth-order valence-corrected chi connectivity index (χ4v) is 1.30. The standard InChI is InChI=1S/C11H21O2/c1-4-6-7-8-9-11(5-2)13-10(3)12/h11H,2,4-9H2,1,3H3. The minimum absolute atomic E-state index is 0.0364. The van der Waals surface area contributed by atoms with E-state index in [1.165, 1.54) is 26.2 Å². The molecule has 0 heterocycles. The third-order valence-electron chi connectivity index (χ3n) is 2.03. The normalized spacial score (nSPS) is 12.5. The molecule has 0 saturated carbocycles. The van der Waals surface area contributed by atoms with Gasteiger partial charge in [0, 0.05) is 6.92 Å². The lowest BCUT2D eigenvalue weighted by atomic mass is 10.1. The highest BCUT2D eigenvalue weighted by Crippen LogP contribution is 2.10. The SMILES string of the molecule is [CH2]CC(CCCCCC)OC(C)=O. The van der Waals surface area contributed by atoms with Crippen LogP contribution in [0.25, 0.3) is 0 Å². The summed E-state index contributed by atoms with van der Waals surface area (Å²) in [5, 5.41) is 0. The Hall–Kier alpha value is -0.530. The van der Waals surface area contributed by atoms with Crippen LogP contribution in [-0.4, -0.2) is 12.1 Å². The maximum absolute atomic E-state index is 10.7. The molecule has 0 N–H and O–H groups in total. The summed E-state index contributed by atoms with van der Waals surface area (Å²) >= 11 is 0. The molecule has 0 amide bonds. The molecule has 2 heteroatoms. The Balaban J connectivity index is 3.42. The van der Waals surface area contributed by atoms with Crippen LogP contribution in [0.3, 0.4) is 0 Å². The maximum atomic E-state index is 10.7. The minimum Gasteiger partial charge on any atom is -0.463 e. The highest BCUT2D eigenvalue weighted by atomic mass is 16.5. The molecule has 77 valence electrons. The van der Waals surface area contributed by atoms with Crippen molar-refractivity contribution in [2.75, 3.05) is 0 Å². The summed E-state index contributed by atoms with van der Waals surface area (Å²) in [7, 11) is 0. The van der Waals surface area contributed by atoms with E-state index in [1.807, 2.05) is 0 Å². The zero-order valence-electron chi connectivity index (χ0n) is 8.84. The van der Waals surface area contributed by atoms with E-state index in [2.05, 4.69) is 13.8 Å². The molecule has 2 nitrogen and oxygen atoms in total. The number of rotatable bonds is 7. The van der Waals surface area contributed by atoms with E-state index < -0.39 is 0 Å². The second-order valence-corrected chi connectivity index (χ2v) is 3.37. The van der Waals surface area contributed by atoms with Crippen LogP contribution in [-0.2, 0) is 9.53 Å². The minimum atomic E-state index is -0.191. The first-order valence-electron chi connectivity index (χ1n) is 5.17. The summed E-state index contributed by atoms with van der Waals surface area (Å²) in [5.41, 5.74) is 0. The largest absolute Gasteiger partial charge is 0.463 e. The number of carbonyl (C=O) groups excluding carboxylic acids is 1. The van der Waals surface area contributed by atoms with Gasteiger partial charge < -0.3 is 4.74 Å². The van der Waals surface area contributed by atoms with Crippen molar-refractivity contribution in [1.29, 1.82) is 0 Å². The van der Waals surface area contributed by atoms with E-state index >= 15 is 0 Å². The van der Waals surface area contributed by atoms with E-state index in [0.717, 1.165) is 12.8 Å². The van der Waals surface area contributed by atoms with Crippen LogP contribution >= 0.6 is 0 Å². The van der Waals surface area contributed by atoms with E-state index in [4.69, 9.17) is 4.74 Å². The van der Waals surface area contributed by atoms with Crippen molar-refractivity contribution in [2.24, 2.45) is 0 Å². The Morgan fingerprint density at radius 3 is 2.54 bits per heavy atom. The third kappa shape index (κ3) is 7.82. The fourth-order valence-electron chi connectivity index (χ4n) is 1.30. The molecule has 0 fully saturated rings. The quantitative estimate of drug-likeness (QED) is 0.450. The molecule has 0 rings (SSSR count). The Kier molecular flexibility index (Phi) is 7.76. The molecule has 13 heavy (non-hydrogen) atoms. The molecule has 0 spiro atoms. The molecule has 0 aromatic carbocycles. The van der Waals surface area contributed by atoms with Gasteiger partial charge in [-0.05, 0) is 26.2 Å². The van der Waals surface area contributed by atoms with Gasteiger partial charge in [0.1, 0.15) is 6.10 Å². The van der Waals surface area contributed by atoms with E-state index in [1.54, 1.807) is 0 Å². The number of ether oxygens (including phenoxy) is 1. The Morgan fingerprint density at radius 1 is 1.38 bits per heavy atom. The first-order valence-corrected chi connectivity index (χ1v) is 5.17. The van der Waals surface area contributed by atoms with Gasteiger partial charge in [-0.3, -0.25) is 4.79 Å². The third-order valence-corrected chi connectivity index (χ3v) is 2.03. The second kappa shape index (κ2) is 8.09. The average molecular weight is 185 g/mol. The van der Waals surface area contributed by atoms with Gasteiger partial charge in [-0.2, -0.15) is 0 Å². The van der Waals surface area contributed by atoms with Gasteiger partial charge in [-0.25, -0.2) is 0 Å². The molecule has 1 radical (unpaired) electrons. The van der Waals surface area contributed by atoms with Crippen molar-refractivity contribution in [1.82, 2.24) is 0 Å². The molecular weight excluding hydrogens is 164 g/mol. The van der Waals surface area contributed by atoms with Crippen LogP contribution < -0.4 is 0 Å². The van der Waals surface area contributed by atoms with Crippen molar-refractivity contribution in [3.63, 3.8) is 0 Å². The van der Waals surface area contributed by atoms with Gasteiger partial charge in [0.15, 0.2) is 0 Å². The molecule has 0 bridgehead atoms. The maximum Gasteiger partial charge on any atom is 0.302 e. The monoisotopic (exact) mass is 185 g/mol. The number of hydrogen-bond acceptors (Lipinski definition) is 2. The smallest absolute Gasteiger partial charge is 0.302 e. The van der Waals surface area contributed by atoms with Gasteiger partial charge in [-0.1, -0.05) is 26.2 Å². The van der Waals surface area contributed by atoms with E-state index in [0.29, 0.717) is 6.42 Å². The summed E-state index contributed by atoms with van der Waals surface area (Å²) in [6, 6.07) is 0. The van der Waals surface area contributed by atoms with Crippen LogP contribution in [0.15, 0.2) is 0 Å². The van der Waals surface area contributed by atoms with Crippen LogP contribution in [0.1, 0.15) is 52.4 Å². The molecule has 0 aliphatic rings. The lowest BCUT2D eigenvalue weighted by Gasteiger charge is -2.14. The predicted molar refractivity (Wildman–Crippen MR) is 54.3 cm³/mol. The first kappa shape index (κ1) is 12.5. The van der Waals surface area contributed by atoms with Crippen LogP contribution in [0.2, 0.25) is 0 Å². The fraction of sp³-hybridized carbons (Fsp3) is 0.818. The predicted octanol–water partition coefficient (Wildman–Crippen LogP) is 3.11. The van der Waals surface area contributed by atoms with E-state index in [-0.39, 0.29) is 12.1 Å². The van der Waals surface area contributed by atoms with Gasteiger partial charge in [-0.15, -0.1) is 0 Å². The van der Waals surface area contributed by atoms with Crippen molar-refractivity contribution in [3.8, 4) is 0 Å². The van der Waals surface area contributed by atoms with Crippen LogP contribution in [0.5, 0.6) is 0 Å². The molecule has 0 aromatic rings. The van der Waals surface area contributed by atoms with Crippen molar-refractivity contribution < 1.29 is 9.53 Å². The van der Waals surface area contributed by atoms with Crippen LogP contribution in [0.4, 0.5) is 0 Å². The van der Waals surface area contributed by atoms with Gasteiger partial charge >= 0.3 is 5.97 Å². The van der Waals surface area contributed by atoms with E-state index in [9.17, 15) is 4.79 Å². The number of hydrogen-bond donors (Lipinski definition) is 0. The Morgan fingerprint density at radius 2 is 2.08 bits per heavy atom. The first-order chi connectivity index (χ1) is 6.20. The Bertz CT molecular complexity index is 132. The van der Waals surface area contributed by atoms with Crippen molar-refractivity contribution >= 4 is 5.97 Å². The highest BCUT2D eigenvalue weighted by Gasteiger charge is 2.08. The van der Waals surface area contributed by atoms with Crippen molar-refractivity contribution in [2.45, 2.75) is 58.5 Å². The molecule has 1 unspecified atom stereocenters. The summed E-state index contributed by atoms with van der Waals surface area (Å²) < 4.78 is 5.08. The number of carbonyl (C=O) groups is 1. The molecular formula is C11H21O2. The summed E-state index contributed by atoms with van der Waals surface area (Å²) in [5.74, 6) is -0.191. The Labute approximate surface area is 81.7 Å². The zero-order chi connectivity index (χ0) is 10.1. The number of esters is 1. The van der Waals surface area contributed by atoms with Gasteiger partial charge in [0.2, 0.25) is 0 Å². The molecule has 0 aromatic heterocycles. The highest BCUT2D eigenvalue weighted by molar-refractivity contribution is 5.66. The number of unbranched alkanes of at least 4 members (excludes halogenated alkanes) is 3. The molecule has 0 saturated heterocycles. The van der Waals surface area contributed by atoms with Crippen molar-refractivity contribution in [3.05, 3.63) is 6.92 Å².